The third kappa shape index (κ3) is 6.22. The first-order valence-corrected chi connectivity index (χ1v) is 10.1. The molecule has 0 aliphatic carbocycles. The standard InChI is InChI=1S/C22H22N4OS/c23-13-6-1-2-7-14-27-20-12-8-9-18(15-20)16-24-26-22-25-21(17-28-22)19-10-4-3-5-11-19/h3-5,8-12,15-17H,1-2,6-7,14H2,(H,25,26). The first-order valence-electron chi connectivity index (χ1n) is 9.25. The number of unbranched alkanes of at least 4 members (excludes halogenated alkanes) is 3. The predicted octanol–water partition coefficient (Wildman–Crippen LogP) is 5.72. The number of anilines is 1. The van der Waals surface area contributed by atoms with Crippen LogP contribution in [0.15, 0.2) is 65.1 Å². The Hall–Kier alpha value is -3.17. The Morgan fingerprint density at radius 3 is 2.86 bits per heavy atom. The van der Waals surface area contributed by atoms with Crippen LogP contribution in [0, 0.1) is 11.3 Å². The van der Waals surface area contributed by atoms with Crippen LogP contribution in [-0.2, 0) is 0 Å². The van der Waals surface area contributed by atoms with E-state index in [2.05, 4.69) is 21.6 Å². The van der Waals surface area contributed by atoms with E-state index in [-0.39, 0.29) is 0 Å². The molecule has 0 unspecified atom stereocenters. The van der Waals surface area contributed by atoms with E-state index in [4.69, 9.17) is 10.00 Å². The summed E-state index contributed by atoms with van der Waals surface area (Å²) in [7, 11) is 0. The monoisotopic (exact) mass is 390 g/mol. The van der Waals surface area contributed by atoms with E-state index in [0.29, 0.717) is 13.0 Å². The van der Waals surface area contributed by atoms with Gasteiger partial charge >= 0.3 is 0 Å². The molecule has 3 rings (SSSR count). The van der Waals surface area contributed by atoms with Crippen molar-refractivity contribution in [1.82, 2.24) is 4.98 Å². The van der Waals surface area contributed by atoms with E-state index in [1.54, 1.807) is 6.21 Å². The molecule has 28 heavy (non-hydrogen) atoms. The zero-order valence-electron chi connectivity index (χ0n) is 15.5. The number of nitriles is 1. The van der Waals surface area contributed by atoms with E-state index in [1.807, 2.05) is 60.0 Å². The molecule has 0 radical (unpaired) electrons. The Morgan fingerprint density at radius 2 is 2.00 bits per heavy atom. The average molecular weight is 391 g/mol. The Morgan fingerprint density at radius 1 is 1.11 bits per heavy atom. The largest absolute Gasteiger partial charge is 0.494 e. The molecule has 6 heteroatoms. The molecule has 0 saturated heterocycles. The number of thiazole rings is 1. The highest BCUT2D eigenvalue weighted by Crippen LogP contribution is 2.24. The van der Waals surface area contributed by atoms with E-state index >= 15 is 0 Å². The molecule has 0 atom stereocenters. The smallest absolute Gasteiger partial charge is 0.203 e. The highest BCUT2D eigenvalue weighted by molar-refractivity contribution is 7.14. The Bertz CT molecular complexity index is 931. The van der Waals surface area contributed by atoms with Crippen molar-refractivity contribution in [2.24, 2.45) is 5.10 Å². The number of rotatable bonds is 10. The molecule has 2 aromatic carbocycles. The maximum Gasteiger partial charge on any atom is 0.203 e. The topological polar surface area (TPSA) is 70.3 Å². The normalized spacial score (nSPS) is 10.7. The molecule has 142 valence electrons. The van der Waals surface area contributed by atoms with Gasteiger partial charge in [0.2, 0.25) is 5.13 Å². The van der Waals surface area contributed by atoms with E-state index in [1.165, 1.54) is 11.3 Å². The van der Waals surface area contributed by atoms with Gasteiger partial charge in [0.1, 0.15) is 5.75 Å². The summed E-state index contributed by atoms with van der Waals surface area (Å²) in [5, 5.41) is 15.6. The van der Waals surface area contributed by atoms with Gasteiger partial charge in [-0.1, -0.05) is 42.5 Å². The fraction of sp³-hybridized carbons (Fsp3) is 0.227. The Balaban J connectivity index is 1.48. The van der Waals surface area contributed by atoms with Crippen LogP contribution in [0.2, 0.25) is 0 Å². The summed E-state index contributed by atoms with van der Waals surface area (Å²) in [6.07, 6.45) is 5.27. The van der Waals surface area contributed by atoms with Crippen LogP contribution < -0.4 is 10.2 Å². The predicted molar refractivity (Wildman–Crippen MR) is 115 cm³/mol. The lowest BCUT2D eigenvalue weighted by Gasteiger charge is -2.06. The molecule has 0 bridgehead atoms. The van der Waals surface area contributed by atoms with Crippen LogP contribution in [-0.4, -0.2) is 17.8 Å². The lowest BCUT2D eigenvalue weighted by molar-refractivity contribution is 0.305. The number of hydrazone groups is 1. The van der Waals surface area contributed by atoms with Gasteiger partial charge in [0.05, 0.1) is 24.6 Å². The molecular formula is C22H22N4OS. The summed E-state index contributed by atoms with van der Waals surface area (Å²) in [4.78, 5) is 4.55. The zero-order valence-corrected chi connectivity index (χ0v) is 16.4. The maximum absolute atomic E-state index is 8.53. The number of aromatic nitrogens is 1. The van der Waals surface area contributed by atoms with Crippen molar-refractivity contribution in [2.45, 2.75) is 25.7 Å². The van der Waals surface area contributed by atoms with Gasteiger partial charge in [0, 0.05) is 17.4 Å². The third-order valence-corrected chi connectivity index (χ3v) is 4.75. The minimum Gasteiger partial charge on any atom is -0.494 e. The highest BCUT2D eigenvalue weighted by Gasteiger charge is 2.03. The van der Waals surface area contributed by atoms with Crippen LogP contribution in [0.3, 0.4) is 0 Å². The molecule has 0 aliphatic rings. The Labute approximate surface area is 169 Å². The number of hydrogen-bond acceptors (Lipinski definition) is 6. The number of nitrogens with one attached hydrogen (secondary N) is 1. The first-order chi connectivity index (χ1) is 13.8. The molecule has 0 aliphatic heterocycles. The molecule has 0 fully saturated rings. The van der Waals surface area contributed by atoms with Crippen LogP contribution >= 0.6 is 11.3 Å². The second-order valence-electron chi connectivity index (χ2n) is 6.16. The summed E-state index contributed by atoms with van der Waals surface area (Å²) in [5.74, 6) is 0.824. The van der Waals surface area contributed by atoms with Crippen molar-refractivity contribution in [2.75, 3.05) is 12.0 Å². The van der Waals surface area contributed by atoms with Gasteiger partial charge < -0.3 is 4.74 Å². The second-order valence-corrected chi connectivity index (χ2v) is 7.02. The van der Waals surface area contributed by atoms with Gasteiger partial charge in [0.15, 0.2) is 0 Å². The van der Waals surface area contributed by atoms with Crippen LogP contribution in [0.25, 0.3) is 11.3 Å². The lowest BCUT2D eigenvalue weighted by Crippen LogP contribution is -1.98. The maximum atomic E-state index is 8.53. The minimum absolute atomic E-state index is 0.616. The second kappa shape index (κ2) is 10.9. The van der Waals surface area contributed by atoms with Gasteiger partial charge in [-0.2, -0.15) is 10.4 Å². The van der Waals surface area contributed by atoms with Crippen molar-refractivity contribution < 1.29 is 4.74 Å². The minimum atomic E-state index is 0.616. The van der Waals surface area contributed by atoms with Crippen LogP contribution in [0.4, 0.5) is 5.13 Å². The summed E-state index contributed by atoms with van der Waals surface area (Å²) in [5.41, 5.74) is 5.97. The van der Waals surface area contributed by atoms with Crippen molar-refractivity contribution in [1.29, 1.82) is 5.26 Å². The molecule has 1 N–H and O–H groups in total. The highest BCUT2D eigenvalue weighted by atomic mass is 32.1. The summed E-state index contributed by atoms with van der Waals surface area (Å²) in [6.45, 7) is 0.658. The molecular weight excluding hydrogens is 368 g/mol. The quantitative estimate of drug-likeness (QED) is 0.273. The lowest BCUT2D eigenvalue weighted by atomic mass is 10.2. The summed E-state index contributed by atoms with van der Waals surface area (Å²) >= 11 is 1.52. The molecule has 0 amide bonds. The van der Waals surface area contributed by atoms with E-state index in [0.717, 1.165) is 47.0 Å². The van der Waals surface area contributed by atoms with Gasteiger partial charge in [-0.25, -0.2) is 4.98 Å². The molecule has 3 aromatic rings. The fourth-order valence-corrected chi connectivity index (χ4v) is 3.25. The van der Waals surface area contributed by atoms with E-state index in [9.17, 15) is 0 Å². The molecule has 5 nitrogen and oxygen atoms in total. The van der Waals surface area contributed by atoms with Crippen LogP contribution in [0.1, 0.15) is 31.2 Å². The molecule has 0 saturated carbocycles. The van der Waals surface area contributed by atoms with Crippen LogP contribution in [0.5, 0.6) is 5.75 Å². The van der Waals surface area contributed by atoms with Crippen molar-refractivity contribution in [3.63, 3.8) is 0 Å². The molecule has 1 aromatic heterocycles. The summed E-state index contributed by atoms with van der Waals surface area (Å²) in [6, 6.07) is 20.0. The zero-order chi connectivity index (χ0) is 19.4. The van der Waals surface area contributed by atoms with Gasteiger partial charge in [-0.05, 0) is 37.0 Å². The van der Waals surface area contributed by atoms with E-state index < -0.39 is 0 Å². The van der Waals surface area contributed by atoms with Crippen molar-refractivity contribution >= 4 is 22.7 Å². The third-order valence-electron chi connectivity index (χ3n) is 4.01. The first kappa shape index (κ1) is 19.6. The number of nitrogens with zero attached hydrogens (tertiary/aromatic N) is 3. The summed E-state index contributed by atoms with van der Waals surface area (Å²) < 4.78 is 5.77. The van der Waals surface area contributed by atoms with Gasteiger partial charge in [-0.3, -0.25) is 5.43 Å². The Kier molecular flexibility index (Phi) is 7.59. The SMILES string of the molecule is N#CCCCCCOc1cccc(C=NNc2nc(-c3ccccc3)cs2)c1. The molecule has 0 spiro atoms. The number of hydrogen-bond donors (Lipinski definition) is 1. The van der Waals surface area contributed by atoms with Crippen molar-refractivity contribution in [3.8, 4) is 23.1 Å². The van der Waals surface area contributed by atoms with Gasteiger partial charge in [0.25, 0.3) is 0 Å². The number of ether oxygens (including phenoxy) is 1. The fourth-order valence-electron chi connectivity index (χ4n) is 2.59. The average Bonchev–Trinajstić information content (AvgIpc) is 3.21. The van der Waals surface area contributed by atoms with Crippen molar-refractivity contribution in [3.05, 3.63) is 65.5 Å². The number of benzene rings is 2. The van der Waals surface area contributed by atoms with Gasteiger partial charge in [-0.15, -0.1) is 11.3 Å². The molecule has 1 heterocycles.